The van der Waals surface area contributed by atoms with Gasteiger partial charge in [-0.3, -0.25) is 5.43 Å². The summed E-state index contributed by atoms with van der Waals surface area (Å²) in [5.74, 6) is -0.833. The lowest BCUT2D eigenvalue weighted by molar-refractivity contribution is -0.0544. The SMILES string of the molecule is C=C(NNC(=O)OC)c1ccc(OC(F)F)cc1OC(F)F. The number of ether oxygens (including phenoxy) is 3. The van der Waals surface area contributed by atoms with Gasteiger partial charge >= 0.3 is 19.3 Å². The van der Waals surface area contributed by atoms with Crippen LogP contribution in [0.25, 0.3) is 5.70 Å². The first-order chi connectivity index (χ1) is 10.3. The first kappa shape index (κ1) is 17.4. The van der Waals surface area contributed by atoms with E-state index in [1.807, 2.05) is 0 Å². The molecule has 0 aliphatic heterocycles. The molecule has 0 aromatic heterocycles. The van der Waals surface area contributed by atoms with Gasteiger partial charge in [0.25, 0.3) is 0 Å². The smallest absolute Gasteiger partial charge is 0.425 e. The lowest BCUT2D eigenvalue weighted by Gasteiger charge is -2.16. The summed E-state index contributed by atoms with van der Waals surface area (Å²) in [4.78, 5) is 10.9. The largest absolute Gasteiger partial charge is 0.452 e. The predicted octanol–water partition coefficient (Wildman–Crippen LogP) is 2.72. The van der Waals surface area contributed by atoms with Gasteiger partial charge in [0.15, 0.2) is 0 Å². The summed E-state index contributed by atoms with van der Waals surface area (Å²) in [5.41, 5.74) is 4.30. The zero-order valence-electron chi connectivity index (χ0n) is 11.2. The second-order valence-corrected chi connectivity index (χ2v) is 3.64. The molecule has 0 aliphatic carbocycles. The zero-order valence-corrected chi connectivity index (χ0v) is 11.2. The highest BCUT2D eigenvalue weighted by Crippen LogP contribution is 2.30. The minimum absolute atomic E-state index is 0.00156. The van der Waals surface area contributed by atoms with E-state index in [9.17, 15) is 22.4 Å². The normalized spacial score (nSPS) is 10.3. The van der Waals surface area contributed by atoms with Gasteiger partial charge < -0.3 is 14.2 Å². The number of methoxy groups -OCH3 is 1. The molecule has 0 atom stereocenters. The number of hydrazine groups is 1. The van der Waals surface area contributed by atoms with Gasteiger partial charge in [-0.2, -0.15) is 17.6 Å². The Labute approximate surface area is 122 Å². The lowest BCUT2D eigenvalue weighted by Crippen LogP contribution is -2.35. The van der Waals surface area contributed by atoms with Crippen LogP contribution in [-0.4, -0.2) is 26.4 Å². The number of rotatable bonds is 7. The molecule has 1 rings (SSSR count). The topological polar surface area (TPSA) is 68.8 Å². The number of amides is 1. The molecule has 2 N–H and O–H groups in total. The Morgan fingerprint density at radius 3 is 2.32 bits per heavy atom. The molecule has 0 aliphatic rings. The van der Waals surface area contributed by atoms with E-state index in [0.717, 1.165) is 25.3 Å². The Bertz CT molecular complexity index is 540. The molecule has 22 heavy (non-hydrogen) atoms. The first-order valence-electron chi connectivity index (χ1n) is 5.66. The molecule has 0 spiro atoms. The number of hydrogen-bond acceptors (Lipinski definition) is 5. The van der Waals surface area contributed by atoms with Crippen molar-refractivity contribution in [2.75, 3.05) is 7.11 Å². The van der Waals surface area contributed by atoms with E-state index in [4.69, 9.17) is 0 Å². The van der Waals surface area contributed by atoms with Crippen LogP contribution in [0, 0.1) is 0 Å². The number of carbonyl (C=O) groups excluding carboxylic acids is 1. The maximum atomic E-state index is 12.4. The Balaban J connectivity index is 2.95. The van der Waals surface area contributed by atoms with Gasteiger partial charge in [0, 0.05) is 11.6 Å². The molecule has 0 saturated carbocycles. The van der Waals surface area contributed by atoms with Crippen LogP contribution < -0.4 is 20.3 Å². The van der Waals surface area contributed by atoms with E-state index in [-0.39, 0.29) is 17.0 Å². The van der Waals surface area contributed by atoms with Crippen molar-refractivity contribution in [2.45, 2.75) is 13.2 Å². The molecule has 1 aromatic rings. The van der Waals surface area contributed by atoms with Crippen LogP contribution in [-0.2, 0) is 4.74 Å². The number of halogens is 4. The second kappa shape index (κ2) is 7.96. The summed E-state index contributed by atoms with van der Waals surface area (Å²) < 4.78 is 61.6. The average Bonchev–Trinajstić information content (AvgIpc) is 2.43. The third-order valence-electron chi connectivity index (χ3n) is 2.22. The summed E-state index contributed by atoms with van der Waals surface area (Å²) in [6, 6.07) is 3.10. The van der Waals surface area contributed by atoms with Gasteiger partial charge in [-0.1, -0.05) is 6.58 Å². The third kappa shape index (κ3) is 5.38. The molecule has 0 heterocycles. The molecule has 10 heteroatoms. The Hall–Kier alpha value is -2.65. The summed E-state index contributed by atoms with van der Waals surface area (Å²) >= 11 is 0. The molecule has 122 valence electrons. The van der Waals surface area contributed by atoms with Crippen LogP contribution >= 0.6 is 0 Å². The van der Waals surface area contributed by atoms with Crippen LogP contribution in [0.4, 0.5) is 22.4 Å². The fourth-order valence-corrected chi connectivity index (χ4v) is 1.37. The third-order valence-corrected chi connectivity index (χ3v) is 2.22. The fraction of sp³-hybridized carbons (Fsp3) is 0.250. The fourth-order valence-electron chi connectivity index (χ4n) is 1.37. The van der Waals surface area contributed by atoms with Gasteiger partial charge in [0.05, 0.1) is 12.8 Å². The molecular formula is C12H12F4N2O4. The minimum Gasteiger partial charge on any atom is -0.452 e. The number of benzene rings is 1. The Morgan fingerprint density at radius 2 is 1.77 bits per heavy atom. The maximum Gasteiger partial charge on any atom is 0.425 e. The van der Waals surface area contributed by atoms with Crippen LogP contribution in [0.15, 0.2) is 24.8 Å². The quantitative estimate of drug-likeness (QED) is 0.596. The van der Waals surface area contributed by atoms with Crippen molar-refractivity contribution in [3.05, 3.63) is 30.3 Å². The number of carbonyl (C=O) groups is 1. The van der Waals surface area contributed by atoms with Crippen molar-refractivity contribution in [1.29, 1.82) is 0 Å². The minimum atomic E-state index is -3.19. The summed E-state index contributed by atoms with van der Waals surface area (Å²) in [7, 11) is 1.11. The highest BCUT2D eigenvalue weighted by atomic mass is 19.3. The number of hydrogen-bond donors (Lipinski definition) is 2. The zero-order chi connectivity index (χ0) is 16.7. The van der Waals surface area contributed by atoms with E-state index >= 15 is 0 Å². The molecule has 6 nitrogen and oxygen atoms in total. The van der Waals surface area contributed by atoms with Crippen LogP contribution in [0.2, 0.25) is 0 Å². The highest BCUT2D eigenvalue weighted by Gasteiger charge is 2.15. The average molecular weight is 324 g/mol. The van der Waals surface area contributed by atoms with Crippen LogP contribution in [0.5, 0.6) is 11.5 Å². The molecule has 0 saturated heterocycles. The van der Waals surface area contributed by atoms with E-state index in [0.29, 0.717) is 0 Å². The predicted molar refractivity (Wildman–Crippen MR) is 67.4 cm³/mol. The standard InChI is InChI=1S/C12H12F4N2O4/c1-6(17-18-12(19)20-2)8-4-3-7(21-10(13)14)5-9(8)22-11(15)16/h3-5,10-11,17H,1H2,2H3,(H,18,19). The van der Waals surface area contributed by atoms with Gasteiger partial charge in [0.2, 0.25) is 0 Å². The van der Waals surface area contributed by atoms with Crippen molar-refractivity contribution in [2.24, 2.45) is 0 Å². The summed E-state index contributed by atoms with van der Waals surface area (Å²) in [6.07, 6.45) is -0.852. The number of alkyl halides is 4. The van der Waals surface area contributed by atoms with Crippen molar-refractivity contribution in [1.82, 2.24) is 10.9 Å². The maximum absolute atomic E-state index is 12.4. The van der Waals surface area contributed by atoms with E-state index in [1.165, 1.54) is 0 Å². The van der Waals surface area contributed by atoms with Crippen molar-refractivity contribution < 1.29 is 36.6 Å². The van der Waals surface area contributed by atoms with E-state index < -0.39 is 25.1 Å². The van der Waals surface area contributed by atoms with E-state index in [1.54, 1.807) is 0 Å². The lowest BCUT2D eigenvalue weighted by atomic mass is 10.1. The summed E-state index contributed by atoms with van der Waals surface area (Å²) in [6.45, 7) is -2.82. The molecule has 1 aromatic carbocycles. The second-order valence-electron chi connectivity index (χ2n) is 3.64. The Morgan fingerprint density at radius 1 is 1.14 bits per heavy atom. The monoisotopic (exact) mass is 324 g/mol. The molecule has 1 amide bonds. The molecule has 0 radical (unpaired) electrons. The van der Waals surface area contributed by atoms with Crippen molar-refractivity contribution >= 4 is 11.8 Å². The molecule has 0 unspecified atom stereocenters. The highest BCUT2D eigenvalue weighted by molar-refractivity contribution is 5.72. The van der Waals surface area contributed by atoms with Crippen molar-refractivity contribution in [3.63, 3.8) is 0 Å². The van der Waals surface area contributed by atoms with Gasteiger partial charge in [-0.25, -0.2) is 10.2 Å². The number of nitrogens with one attached hydrogen (secondary N) is 2. The van der Waals surface area contributed by atoms with Gasteiger partial charge in [0.1, 0.15) is 11.5 Å². The van der Waals surface area contributed by atoms with Crippen LogP contribution in [0.1, 0.15) is 5.56 Å². The molecule has 0 fully saturated rings. The summed E-state index contributed by atoms with van der Waals surface area (Å²) in [5, 5.41) is 0. The van der Waals surface area contributed by atoms with Crippen molar-refractivity contribution in [3.8, 4) is 11.5 Å². The van der Waals surface area contributed by atoms with Gasteiger partial charge in [-0.15, -0.1) is 0 Å². The molecule has 0 bridgehead atoms. The van der Waals surface area contributed by atoms with E-state index in [2.05, 4.69) is 31.6 Å². The first-order valence-corrected chi connectivity index (χ1v) is 5.66. The van der Waals surface area contributed by atoms with Gasteiger partial charge in [-0.05, 0) is 12.1 Å². The Kier molecular flexibility index (Phi) is 6.29. The van der Waals surface area contributed by atoms with Crippen LogP contribution in [0.3, 0.4) is 0 Å². The molecular weight excluding hydrogens is 312 g/mol.